The molecule has 5 nitrogen and oxygen atoms in total. The van der Waals surface area contributed by atoms with Gasteiger partial charge in [0.05, 0.1) is 18.8 Å². The fourth-order valence-electron chi connectivity index (χ4n) is 2.39. The Labute approximate surface area is 103 Å². The van der Waals surface area contributed by atoms with Crippen molar-refractivity contribution in [1.29, 1.82) is 0 Å². The molecule has 2 heterocycles. The molecular weight excluding hydrogens is 218 g/mol. The minimum atomic E-state index is -0.197. The summed E-state index contributed by atoms with van der Waals surface area (Å²) < 4.78 is 5.62. The Hall–Kier alpha value is -0.650. The Morgan fingerprint density at radius 2 is 2.00 bits per heavy atom. The predicted molar refractivity (Wildman–Crippen MR) is 65.9 cm³/mol. The van der Waals surface area contributed by atoms with E-state index in [1.807, 2.05) is 18.7 Å². The second kappa shape index (κ2) is 5.33. The second-order valence-corrected chi connectivity index (χ2v) is 5.45. The first-order chi connectivity index (χ1) is 8.07. The van der Waals surface area contributed by atoms with Crippen LogP contribution >= 0.6 is 0 Å². The smallest absolute Gasteiger partial charge is 0.236 e. The maximum atomic E-state index is 12.2. The zero-order valence-electron chi connectivity index (χ0n) is 10.9. The van der Waals surface area contributed by atoms with Gasteiger partial charge in [0.25, 0.3) is 0 Å². The fraction of sp³-hybridized carbons (Fsp3) is 0.917. The third-order valence-corrected chi connectivity index (χ3v) is 3.35. The van der Waals surface area contributed by atoms with E-state index in [1.165, 1.54) is 0 Å². The molecule has 0 aromatic carbocycles. The highest BCUT2D eigenvalue weighted by Gasteiger charge is 2.30. The van der Waals surface area contributed by atoms with Gasteiger partial charge in [0.15, 0.2) is 0 Å². The number of carbonyl (C=O) groups excluding carboxylic acids is 1. The van der Waals surface area contributed by atoms with Crippen LogP contribution in [0.2, 0.25) is 0 Å². The molecule has 0 aromatic heterocycles. The average molecular weight is 241 g/mol. The number of carbonyl (C=O) groups is 1. The molecule has 5 heteroatoms. The maximum absolute atomic E-state index is 12.2. The Bertz CT molecular complexity index is 275. The molecule has 98 valence electrons. The van der Waals surface area contributed by atoms with Crippen LogP contribution in [-0.2, 0) is 9.53 Å². The van der Waals surface area contributed by atoms with E-state index in [9.17, 15) is 4.79 Å². The summed E-state index contributed by atoms with van der Waals surface area (Å²) in [4.78, 5) is 16.3. The predicted octanol–water partition coefficient (Wildman–Crippen LogP) is -0.471. The lowest BCUT2D eigenvalue weighted by Gasteiger charge is -2.39. The van der Waals surface area contributed by atoms with E-state index in [1.54, 1.807) is 0 Å². The molecule has 2 aliphatic rings. The first-order valence-corrected chi connectivity index (χ1v) is 6.42. The molecule has 0 aromatic rings. The monoisotopic (exact) mass is 241 g/mol. The average Bonchev–Trinajstić information content (AvgIpc) is 2.29. The number of nitrogens with zero attached hydrogens (tertiary/aromatic N) is 2. The van der Waals surface area contributed by atoms with Gasteiger partial charge in [-0.1, -0.05) is 0 Å². The third-order valence-electron chi connectivity index (χ3n) is 3.35. The van der Waals surface area contributed by atoms with E-state index in [0.29, 0.717) is 19.7 Å². The normalized spacial score (nSPS) is 25.9. The Kier molecular flexibility index (Phi) is 4.01. The summed E-state index contributed by atoms with van der Waals surface area (Å²) in [6.45, 7) is 10.6. The first kappa shape index (κ1) is 12.8. The molecule has 0 atom stereocenters. The van der Waals surface area contributed by atoms with Gasteiger partial charge in [0, 0.05) is 39.3 Å². The summed E-state index contributed by atoms with van der Waals surface area (Å²) in [7, 11) is 0. The van der Waals surface area contributed by atoms with Gasteiger partial charge in [-0.25, -0.2) is 0 Å². The van der Waals surface area contributed by atoms with Gasteiger partial charge < -0.3 is 15.0 Å². The summed E-state index contributed by atoms with van der Waals surface area (Å²) in [6, 6.07) is 0. The van der Waals surface area contributed by atoms with Crippen LogP contribution in [0.25, 0.3) is 0 Å². The van der Waals surface area contributed by atoms with Gasteiger partial charge in [0.2, 0.25) is 5.91 Å². The van der Waals surface area contributed by atoms with Crippen molar-refractivity contribution in [3.05, 3.63) is 0 Å². The minimum absolute atomic E-state index is 0.197. The van der Waals surface area contributed by atoms with Gasteiger partial charge in [-0.15, -0.1) is 0 Å². The van der Waals surface area contributed by atoms with Gasteiger partial charge in [0.1, 0.15) is 0 Å². The number of piperazine rings is 1. The summed E-state index contributed by atoms with van der Waals surface area (Å²) in [6.07, 6.45) is 0. The molecule has 2 rings (SSSR count). The SMILES string of the molecule is CC1(C)CN(C(=O)CN2CCNCC2)CCO1. The Morgan fingerprint density at radius 1 is 1.29 bits per heavy atom. The van der Waals surface area contributed by atoms with Crippen molar-refractivity contribution in [1.82, 2.24) is 15.1 Å². The zero-order valence-corrected chi connectivity index (χ0v) is 10.9. The number of hydrogen-bond acceptors (Lipinski definition) is 4. The highest BCUT2D eigenvalue weighted by atomic mass is 16.5. The molecule has 0 aliphatic carbocycles. The summed E-state index contributed by atoms with van der Waals surface area (Å²) in [5.41, 5.74) is -0.197. The maximum Gasteiger partial charge on any atom is 0.236 e. The minimum Gasteiger partial charge on any atom is -0.372 e. The highest BCUT2D eigenvalue weighted by Crippen LogP contribution is 2.16. The van der Waals surface area contributed by atoms with Crippen molar-refractivity contribution < 1.29 is 9.53 Å². The fourth-order valence-corrected chi connectivity index (χ4v) is 2.39. The van der Waals surface area contributed by atoms with E-state index in [2.05, 4.69) is 10.2 Å². The lowest BCUT2D eigenvalue weighted by molar-refractivity contribution is -0.147. The van der Waals surface area contributed by atoms with E-state index in [4.69, 9.17) is 4.74 Å². The molecule has 0 unspecified atom stereocenters. The molecule has 2 saturated heterocycles. The van der Waals surface area contributed by atoms with Crippen molar-refractivity contribution in [3.63, 3.8) is 0 Å². The topological polar surface area (TPSA) is 44.8 Å². The Balaban J connectivity index is 1.82. The molecule has 1 N–H and O–H groups in total. The first-order valence-electron chi connectivity index (χ1n) is 6.42. The number of nitrogens with one attached hydrogen (secondary N) is 1. The number of morpholine rings is 1. The van der Waals surface area contributed by atoms with Gasteiger partial charge in [-0.05, 0) is 13.8 Å². The van der Waals surface area contributed by atoms with Crippen molar-refractivity contribution >= 4 is 5.91 Å². The van der Waals surface area contributed by atoms with Gasteiger partial charge in [-0.2, -0.15) is 0 Å². The van der Waals surface area contributed by atoms with Crippen LogP contribution in [0.5, 0.6) is 0 Å². The molecular formula is C12H23N3O2. The molecule has 2 aliphatic heterocycles. The van der Waals surface area contributed by atoms with Crippen molar-refractivity contribution in [2.45, 2.75) is 19.4 Å². The van der Waals surface area contributed by atoms with Crippen LogP contribution in [0.3, 0.4) is 0 Å². The molecule has 0 bridgehead atoms. The van der Waals surface area contributed by atoms with Crippen molar-refractivity contribution in [3.8, 4) is 0 Å². The van der Waals surface area contributed by atoms with Crippen LogP contribution in [0.4, 0.5) is 0 Å². The van der Waals surface area contributed by atoms with Crippen LogP contribution in [0, 0.1) is 0 Å². The summed E-state index contributed by atoms with van der Waals surface area (Å²) in [5.74, 6) is 0.239. The van der Waals surface area contributed by atoms with E-state index in [0.717, 1.165) is 32.7 Å². The molecule has 2 fully saturated rings. The zero-order chi connectivity index (χ0) is 12.3. The van der Waals surface area contributed by atoms with E-state index in [-0.39, 0.29) is 11.5 Å². The van der Waals surface area contributed by atoms with Crippen LogP contribution < -0.4 is 5.32 Å². The molecule has 17 heavy (non-hydrogen) atoms. The van der Waals surface area contributed by atoms with Crippen LogP contribution in [0.1, 0.15) is 13.8 Å². The second-order valence-electron chi connectivity index (χ2n) is 5.45. The molecule has 0 spiro atoms. The quantitative estimate of drug-likeness (QED) is 0.710. The van der Waals surface area contributed by atoms with Crippen LogP contribution in [0.15, 0.2) is 0 Å². The van der Waals surface area contributed by atoms with E-state index < -0.39 is 0 Å². The van der Waals surface area contributed by atoms with Crippen molar-refractivity contribution in [2.75, 3.05) is 52.4 Å². The Morgan fingerprint density at radius 3 is 2.65 bits per heavy atom. The number of hydrogen-bond donors (Lipinski definition) is 1. The number of amides is 1. The van der Waals surface area contributed by atoms with Gasteiger partial charge in [-0.3, -0.25) is 9.69 Å². The molecule has 0 radical (unpaired) electrons. The van der Waals surface area contributed by atoms with Crippen LogP contribution in [-0.4, -0.2) is 73.7 Å². The molecule has 1 amide bonds. The summed E-state index contributed by atoms with van der Waals surface area (Å²) >= 11 is 0. The summed E-state index contributed by atoms with van der Waals surface area (Å²) in [5, 5.41) is 3.29. The highest BCUT2D eigenvalue weighted by molar-refractivity contribution is 5.78. The third kappa shape index (κ3) is 3.66. The lowest BCUT2D eigenvalue weighted by atomic mass is 10.1. The lowest BCUT2D eigenvalue weighted by Crippen LogP contribution is -2.54. The van der Waals surface area contributed by atoms with E-state index >= 15 is 0 Å². The standard InChI is InChI=1S/C12H23N3O2/c1-12(2)10-15(7-8-17-12)11(16)9-14-5-3-13-4-6-14/h13H,3-10H2,1-2H3. The number of ether oxygens (including phenoxy) is 1. The number of rotatable bonds is 2. The van der Waals surface area contributed by atoms with Gasteiger partial charge >= 0.3 is 0 Å². The van der Waals surface area contributed by atoms with Crippen molar-refractivity contribution in [2.24, 2.45) is 0 Å². The molecule has 0 saturated carbocycles. The largest absolute Gasteiger partial charge is 0.372 e.